The summed E-state index contributed by atoms with van der Waals surface area (Å²) in [6.45, 7) is 4.49. The van der Waals surface area contributed by atoms with Gasteiger partial charge in [0.15, 0.2) is 11.0 Å². The Morgan fingerprint density at radius 1 is 1.11 bits per heavy atom. The van der Waals surface area contributed by atoms with Crippen molar-refractivity contribution >= 4 is 33.3 Å². The van der Waals surface area contributed by atoms with Crippen LogP contribution >= 0.6 is 27.5 Å². The predicted molar refractivity (Wildman–Crippen MR) is 78.0 cm³/mol. The zero-order chi connectivity index (χ0) is 13.1. The van der Waals surface area contributed by atoms with Gasteiger partial charge in [-0.3, -0.25) is 0 Å². The summed E-state index contributed by atoms with van der Waals surface area (Å²) in [5.74, 6) is 0.627. The van der Waals surface area contributed by atoms with E-state index in [-0.39, 0.29) is 0 Å². The van der Waals surface area contributed by atoms with Gasteiger partial charge in [0, 0.05) is 11.0 Å². The summed E-state index contributed by atoms with van der Waals surface area (Å²) in [6, 6.07) is 8.09. The minimum Gasteiger partial charge on any atom is -0.363 e. The summed E-state index contributed by atoms with van der Waals surface area (Å²) >= 11 is 9.46. The molecule has 0 aliphatic carbocycles. The van der Waals surface area contributed by atoms with E-state index in [0.29, 0.717) is 17.5 Å². The fraction of sp³-hybridized carbons (Fsp3) is 0.231. The third-order valence-electron chi connectivity index (χ3n) is 2.64. The third kappa shape index (κ3) is 3.21. The normalized spacial score (nSPS) is 10.4. The van der Waals surface area contributed by atoms with E-state index >= 15 is 0 Å². The van der Waals surface area contributed by atoms with E-state index in [4.69, 9.17) is 11.6 Å². The van der Waals surface area contributed by atoms with Gasteiger partial charge in [0.1, 0.15) is 0 Å². The Morgan fingerprint density at radius 3 is 2.39 bits per heavy atom. The molecule has 1 N–H and O–H groups in total. The molecule has 5 heteroatoms. The molecule has 0 amide bonds. The molecule has 0 spiro atoms. The number of aromatic nitrogens is 2. The van der Waals surface area contributed by atoms with Gasteiger partial charge in [-0.2, -0.15) is 0 Å². The third-order valence-corrected chi connectivity index (χ3v) is 3.43. The summed E-state index contributed by atoms with van der Waals surface area (Å²) in [4.78, 5) is 8.62. The van der Waals surface area contributed by atoms with Gasteiger partial charge in [-0.05, 0) is 31.5 Å². The first-order valence-electron chi connectivity index (χ1n) is 5.55. The molecule has 0 saturated heterocycles. The average molecular weight is 327 g/mol. The molecule has 0 saturated carbocycles. The summed E-state index contributed by atoms with van der Waals surface area (Å²) in [7, 11) is 0. The van der Waals surface area contributed by atoms with Gasteiger partial charge in [-0.15, -0.1) is 0 Å². The van der Waals surface area contributed by atoms with Crippen molar-refractivity contribution in [3.63, 3.8) is 0 Å². The number of hydrogen-bond acceptors (Lipinski definition) is 3. The van der Waals surface area contributed by atoms with Crippen LogP contribution in [0.25, 0.3) is 0 Å². The Balaban J connectivity index is 2.10. The van der Waals surface area contributed by atoms with Crippen LogP contribution in [0.2, 0.25) is 5.15 Å². The molecule has 0 radical (unpaired) electrons. The lowest BCUT2D eigenvalue weighted by Gasteiger charge is -2.09. The molecule has 0 fully saturated rings. The van der Waals surface area contributed by atoms with Crippen LogP contribution in [0.1, 0.15) is 17.0 Å². The van der Waals surface area contributed by atoms with E-state index in [1.54, 1.807) is 0 Å². The van der Waals surface area contributed by atoms with Crippen LogP contribution in [0.5, 0.6) is 0 Å². The van der Waals surface area contributed by atoms with E-state index < -0.39 is 0 Å². The van der Waals surface area contributed by atoms with E-state index in [2.05, 4.69) is 31.2 Å². The first kappa shape index (κ1) is 13.3. The maximum atomic E-state index is 6.05. The Bertz CT molecular complexity index is 555. The molecule has 18 heavy (non-hydrogen) atoms. The fourth-order valence-corrected chi connectivity index (χ4v) is 1.98. The Kier molecular flexibility index (Phi) is 4.19. The molecular formula is C13H13BrClN3. The van der Waals surface area contributed by atoms with Crippen molar-refractivity contribution in [2.24, 2.45) is 0 Å². The van der Waals surface area contributed by atoms with Gasteiger partial charge < -0.3 is 5.32 Å². The highest BCUT2D eigenvalue weighted by Gasteiger charge is 2.06. The number of anilines is 1. The number of aryl methyl sites for hydroxylation is 2. The SMILES string of the molecule is Cc1nc(Cl)c(NCc2ccc(Br)cc2)nc1C. The van der Waals surface area contributed by atoms with Crippen molar-refractivity contribution in [2.75, 3.05) is 5.32 Å². The quantitative estimate of drug-likeness (QED) is 0.922. The standard InChI is InChI=1S/C13H13BrClN3/c1-8-9(2)18-13(12(15)17-8)16-7-10-3-5-11(14)6-4-10/h3-6H,7H2,1-2H3,(H,16,18). The molecule has 94 valence electrons. The van der Waals surface area contributed by atoms with Crippen molar-refractivity contribution in [3.05, 3.63) is 50.8 Å². The predicted octanol–water partition coefficient (Wildman–Crippen LogP) is 4.12. The molecule has 0 bridgehead atoms. The van der Waals surface area contributed by atoms with Gasteiger partial charge in [-0.1, -0.05) is 39.7 Å². The molecule has 3 nitrogen and oxygen atoms in total. The van der Waals surface area contributed by atoms with Crippen molar-refractivity contribution in [1.82, 2.24) is 9.97 Å². The Morgan fingerprint density at radius 2 is 1.72 bits per heavy atom. The van der Waals surface area contributed by atoms with Crippen LogP contribution in [-0.4, -0.2) is 9.97 Å². The summed E-state index contributed by atoms with van der Waals surface area (Å²) in [5.41, 5.74) is 2.90. The van der Waals surface area contributed by atoms with E-state index in [1.807, 2.05) is 38.1 Å². The fourth-order valence-electron chi connectivity index (χ4n) is 1.48. The van der Waals surface area contributed by atoms with E-state index in [9.17, 15) is 0 Å². The molecule has 1 aromatic carbocycles. The highest BCUT2D eigenvalue weighted by Crippen LogP contribution is 2.19. The molecule has 1 aromatic heterocycles. The highest BCUT2D eigenvalue weighted by atomic mass is 79.9. The lowest BCUT2D eigenvalue weighted by Crippen LogP contribution is -2.05. The largest absolute Gasteiger partial charge is 0.363 e. The molecular weight excluding hydrogens is 314 g/mol. The number of benzene rings is 1. The van der Waals surface area contributed by atoms with Gasteiger partial charge in [0.2, 0.25) is 0 Å². The van der Waals surface area contributed by atoms with Crippen LogP contribution in [-0.2, 0) is 6.54 Å². The van der Waals surface area contributed by atoms with Gasteiger partial charge in [0.25, 0.3) is 0 Å². The molecule has 2 aromatic rings. The zero-order valence-corrected chi connectivity index (χ0v) is 12.5. The lowest BCUT2D eigenvalue weighted by atomic mass is 10.2. The minimum atomic E-state index is 0.412. The summed E-state index contributed by atoms with van der Waals surface area (Å²) in [6.07, 6.45) is 0. The van der Waals surface area contributed by atoms with Gasteiger partial charge in [0.05, 0.1) is 11.4 Å². The molecule has 0 unspecified atom stereocenters. The molecule has 1 heterocycles. The number of nitrogens with zero attached hydrogens (tertiary/aromatic N) is 2. The van der Waals surface area contributed by atoms with Crippen molar-refractivity contribution in [2.45, 2.75) is 20.4 Å². The number of halogens is 2. The monoisotopic (exact) mass is 325 g/mol. The van der Waals surface area contributed by atoms with Crippen molar-refractivity contribution in [3.8, 4) is 0 Å². The van der Waals surface area contributed by atoms with E-state index in [1.165, 1.54) is 0 Å². The van der Waals surface area contributed by atoms with Crippen LogP contribution in [0.4, 0.5) is 5.82 Å². The maximum absolute atomic E-state index is 6.05. The maximum Gasteiger partial charge on any atom is 0.171 e. The van der Waals surface area contributed by atoms with Crippen molar-refractivity contribution < 1.29 is 0 Å². The van der Waals surface area contributed by atoms with E-state index in [0.717, 1.165) is 21.4 Å². The number of hydrogen-bond donors (Lipinski definition) is 1. The average Bonchev–Trinajstić information content (AvgIpc) is 2.34. The van der Waals surface area contributed by atoms with Gasteiger partial charge >= 0.3 is 0 Å². The Labute approximate surface area is 120 Å². The zero-order valence-electron chi connectivity index (χ0n) is 10.2. The smallest absolute Gasteiger partial charge is 0.171 e. The second kappa shape index (κ2) is 5.67. The molecule has 0 atom stereocenters. The van der Waals surface area contributed by atoms with Crippen LogP contribution in [0.3, 0.4) is 0 Å². The minimum absolute atomic E-state index is 0.412. The van der Waals surface area contributed by atoms with Crippen LogP contribution in [0.15, 0.2) is 28.7 Å². The molecule has 0 aliphatic heterocycles. The second-order valence-electron chi connectivity index (χ2n) is 4.01. The first-order chi connectivity index (χ1) is 8.56. The first-order valence-corrected chi connectivity index (χ1v) is 6.72. The lowest BCUT2D eigenvalue weighted by molar-refractivity contribution is 1.02. The number of nitrogens with one attached hydrogen (secondary N) is 1. The number of rotatable bonds is 3. The second-order valence-corrected chi connectivity index (χ2v) is 5.29. The molecule has 2 rings (SSSR count). The van der Waals surface area contributed by atoms with Crippen molar-refractivity contribution in [1.29, 1.82) is 0 Å². The summed E-state index contributed by atoms with van der Waals surface area (Å²) in [5, 5.41) is 3.61. The molecule has 0 aliphatic rings. The van der Waals surface area contributed by atoms with Crippen LogP contribution in [0, 0.1) is 13.8 Å². The topological polar surface area (TPSA) is 37.8 Å². The summed E-state index contributed by atoms with van der Waals surface area (Å²) < 4.78 is 1.07. The highest BCUT2D eigenvalue weighted by molar-refractivity contribution is 9.10. The Hall–Kier alpha value is -1.13. The van der Waals surface area contributed by atoms with Gasteiger partial charge in [-0.25, -0.2) is 9.97 Å². The van der Waals surface area contributed by atoms with Crippen LogP contribution < -0.4 is 5.32 Å².